The van der Waals surface area contributed by atoms with E-state index in [9.17, 15) is 5.21 Å². The lowest BCUT2D eigenvalue weighted by Gasteiger charge is -2.24. The molecule has 1 heterocycles. The van der Waals surface area contributed by atoms with Crippen molar-refractivity contribution in [3.63, 3.8) is 0 Å². The summed E-state index contributed by atoms with van der Waals surface area (Å²) in [5.41, 5.74) is 1.89. The number of hydrogen-bond acceptors (Lipinski definition) is 2. The van der Waals surface area contributed by atoms with E-state index in [2.05, 4.69) is 4.98 Å². The molecule has 0 saturated heterocycles. The zero-order valence-electron chi connectivity index (χ0n) is 10.6. The predicted octanol–water partition coefficient (Wildman–Crippen LogP) is 3.29. The Kier molecular flexibility index (Phi) is 3.42. The molecule has 3 nitrogen and oxygen atoms in total. The Hall–Kier alpha value is -0.830. The summed E-state index contributed by atoms with van der Waals surface area (Å²) in [5.74, 6) is 1.00. The molecule has 4 heteroatoms. The second-order valence-corrected chi connectivity index (χ2v) is 5.88. The second kappa shape index (κ2) is 5.04. The van der Waals surface area contributed by atoms with Crippen molar-refractivity contribution in [3.8, 4) is 0 Å². The molecule has 0 atom stereocenters. The first-order chi connectivity index (χ1) is 8.77. The molecule has 1 saturated carbocycles. The summed E-state index contributed by atoms with van der Waals surface area (Å²) in [6, 6.07) is 0. The Morgan fingerprint density at radius 3 is 2.56 bits per heavy atom. The Morgan fingerprint density at radius 2 is 1.78 bits per heavy atom. The van der Waals surface area contributed by atoms with Crippen LogP contribution in [0, 0.1) is 5.21 Å². The molecule has 1 aromatic rings. The molecule has 0 N–H and O–H groups in total. The van der Waals surface area contributed by atoms with Gasteiger partial charge in [0.2, 0.25) is 5.15 Å². The van der Waals surface area contributed by atoms with Gasteiger partial charge in [-0.15, -0.1) is 0 Å². The molecule has 0 aliphatic heterocycles. The highest BCUT2D eigenvalue weighted by atomic mass is 35.5. The van der Waals surface area contributed by atoms with E-state index in [0.717, 1.165) is 54.5 Å². The number of halogens is 1. The molecule has 1 fully saturated rings. The van der Waals surface area contributed by atoms with Gasteiger partial charge in [0.25, 0.3) is 0 Å². The van der Waals surface area contributed by atoms with Crippen LogP contribution in [0.1, 0.15) is 67.9 Å². The number of fused-ring (bicyclic) bond motifs is 1. The average molecular weight is 267 g/mol. The van der Waals surface area contributed by atoms with Crippen molar-refractivity contribution >= 4 is 11.6 Å². The van der Waals surface area contributed by atoms with Gasteiger partial charge in [0.15, 0.2) is 0 Å². The standard InChI is InChI=1S/C14H19ClN2O/c15-13-11-8-4-5-9-12(11)17(18)14(16-13)10-6-2-1-3-7-10/h10H,1-9H2. The topological polar surface area (TPSA) is 39.8 Å². The Labute approximate surface area is 113 Å². The van der Waals surface area contributed by atoms with Crippen LogP contribution in [0.15, 0.2) is 0 Å². The molecule has 3 rings (SSSR count). The summed E-state index contributed by atoms with van der Waals surface area (Å²) in [4.78, 5) is 4.43. The maximum atomic E-state index is 12.5. The summed E-state index contributed by atoms with van der Waals surface area (Å²) < 4.78 is 1.11. The van der Waals surface area contributed by atoms with E-state index in [1.165, 1.54) is 19.3 Å². The van der Waals surface area contributed by atoms with E-state index in [-0.39, 0.29) is 0 Å². The first kappa shape index (κ1) is 12.2. The molecule has 18 heavy (non-hydrogen) atoms. The van der Waals surface area contributed by atoms with E-state index in [1.807, 2.05) is 0 Å². The minimum Gasteiger partial charge on any atom is -0.711 e. The fourth-order valence-corrected chi connectivity index (χ4v) is 3.60. The minimum atomic E-state index is 0.320. The van der Waals surface area contributed by atoms with Gasteiger partial charge in [0.1, 0.15) is 5.69 Å². The Balaban J connectivity index is 2.01. The van der Waals surface area contributed by atoms with Gasteiger partial charge in [0, 0.05) is 6.42 Å². The van der Waals surface area contributed by atoms with Crippen LogP contribution in [-0.4, -0.2) is 4.98 Å². The molecule has 0 aromatic carbocycles. The summed E-state index contributed by atoms with van der Waals surface area (Å²) in [6.45, 7) is 0. The maximum absolute atomic E-state index is 12.5. The van der Waals surface area contributed by atoms with Crippen LogP contribution >= 0.6 is 11.6 Å². The van der Waals surface area contributed by atoms with E-state index in [4.69, 9.17) is 11.6 Å². The molecule has 0 unspecified atom stereocenters. The second-order valence-electron chi connectivity index (χ2n) is 5.52. The van der Waals surface area contributed by atoms with Crippen LogP contribution < -0.4 is 4.73 Å². The van der Waals surface area contributed by atoms with Crippen molar-refractivity contribution < 1.29 is 4.73 Å². The normalized spacial score (nSPS) is 20.7. The molecular weight excluding hydrogens is 248 g/mol. The fourth-order valence-electron chi connectivity index (χ4n) is 3.31. The molecule has 2 aliphatic rings. The molecule has 1 aromatic heterocycles. The van der Waals surface area contributed by atoms with Gasteiger partial charge in [-0.1, -0.05) is 19.3 Å². The smallest absolute Gasteiger partial charge is 0.306 e. The third-order valence-corrected chi connectivity index (χ3v) is 4.64. The van der Waals surface area contributed by atoms with E-state index < -0.39 is 0 Å². The quantitative estimate of drug-likeness (QED) is 0.445. The Bertz CT molecular complexity index is 456. The van der Waals surface area contributed by atoms with Gasteiger partial charge in [-0.05, 0) is 48.7 Å². The Morgan fingerprint density at radius 1 is 1.06 bits per heavy atom. The van der Waals surface area contributed by atoms with Crippen LogP contribution in [0.25, 0.3) is 0 Å². The molecule has 0 amide bonds. The van der Waals surface area contributed by atoms with Crippen LogP contribution in [-0.2, 0) is 12.8 Å². The third-order valence-electron chi connectivity index (χ3n) is 4.32. The average Bonchev–Trinajstić information content (AvgIpc) is 2.44. The van der Waals surface area contributed by atoms with Gasteiger partial charge < -0.3 is 5.21 Å². The number of aromatic nitrogens is 2. The predicted molar refractivity (Wildman–Crippen MR) is 70.7 cm³/mol. The first-order valence-corrected chi connectivity index (χ1v) is 7.46. The number of rotatable bonds is 1. The van der Waals surface area contributed by atoms with E-state index in [0.29, 0.717) is 16.9 Å². The van der Waals surface area contributed by atoms with Gasteiger partial charge in [-0.3, -0.25) is 0 Å². The summed E-state index contributed by atoms with van der Waals surface area (Å²) >= 11 is 6.28. The van der Waals surface area contributed by atoms with Crippen molar-refractivity contribution in [2.45, 2.75) is 63.7 Å². The maximum Gasteiger partial charge on any atom is 0.306 e. The largest absolute Gasteiger partial charge is 0.711 e. The molecule has 0 radical (unpaired) electrons. The van der Waals surface area contributed by atoms with Crippen LogP contribution in [0.4, 0.5) is 0 Å². The van der Waals surface area contributed by atoms with Gasteiger partial charge in [-0.2, -0.15) is 0 Å². The third kappa shape index (κ3) is 2.09. The highest BCUT2D eigenvalue weighted by Crippen LogP contribution is 2.32. The van der Waals surface area contributed by atoms with Gasteiger partial charge >= 0.3 is 5.82 Å². The van der Waals surface area contributed by atoms with Gasteiger partial charge in [0.05, 0.1) is 11.5 Å². The summed E-state index contributed by atoms with van der Waals surface area (Å²) in [5, 5.41) is 13.0. The lowest BCUT2D eigenvalue weighted by molar-refractivity contribution is -0.628. The van der Waals surface area contributed by atoms with Crippen LogP contribution in [0.3, 0.4) is 0 Å². The number of nitrogens with zero attached hydrogens (tertiary/aromatic N) is 2. The molecule has 2 aliphatic carbocycles. The van der Waals surface area contributed by atoms with E-state index >= 15 is 0 Å². The lowest BCUT2D eigenvalue weighted by Crippen LogP contribution is -2.42. The molecule has 0 spiro atoms. The van der Waals surface area contributed by atoms with Crippen molar-refractivity contribution in [2.75, 3.05) is 0 Å². The molecule has 0 bridgehead atoms. The lowest BCUT2D eigenvalue weighted by atomic mass is 9.88. The van der Waals surface area contributed by atoms with Crippen LogP contribution in [0.5, 0.6) is 0 Å². The van der Waals surface area contributed by atoms with E-state index in [1.54, 1.807) is 0 Å². The first-order valence-electron chi connectivity index (χ1n) is 7.08. The molecular formula is C14H19ClN2O. The summed E-state index contributed by atoms with van der Waals surface area (Å²) in [7, 11) is 0. The van der Waals surface area contributed by atoms with Crippen molar-refractivity contribution in [2.24, 2.45) is 0 Å². The highest BCUT2D eigenvalue weighted by molar-refractivity contribution is 6.30. The van der Waals surface area contributed by atoms with Gasteiger partial charge in [-0.25, -0.2) is 4.73 Å². The zero-order valence-corrected chi connectivity index (χ0v) is 11.4. The monoisotopic (exact) mass is 266 g/mol. The van der Waals surface area contributed by atoms with Crippen LogP contribution in [0.2, 0.25) is 5.15 Å². The SMILES string of the molecule is [O-][n+]1c(C2CCCCC2)nc(Cl)c2c1CCCC2. The van der Waals surface area contributed by atoms with Crippen molar-refractivity contribution in [1.29, 1.82) is 0 Å². The minimum absolute atomic E-state index is 0.320. The number of hydrogen-bond donors (Lipinski definition) is 0. The highest BCUT2D eigenvalue weighted by Gasteiger charge is 2.30. The molecule has 98 valence electrons. The summed E-state index contributed by atoms with van der Waals surface area (Å²) in [6.07, 6.45) is 9.87. The fraction of sp³-hybridized carbons (Fsp3) is 0.714. The van der Waals surface area contributed by atoms with Crippen molar-refractivity contribution in [1.82, 2.24) is 4.98 Å². The van der Waals surface area contributed by atoms with Crippen molar-refractivity contribution in [3.05, 3.63) is 27.4 Å². The zero-order chi connectivity index (χ0) is 12.5.